The van der Waals surface area contributed by atoms with Gasteiger partial charge >= 0.3 is 0 Å². The Morgan fingerprint density at radius 2 is 1.76 bits per heavy atom. The summed E-state index contributed by atoms with van der Waals surface area (Å²) < 4.78 is 1.79. The Morgan fingerprint density at radius 3 is 2.37 bits per heavy atom. The molecule has 0 saturated heterocycles. The standard InChI is InChI=1S/C30H31BN6O/c1-36-20-24(19-34-36)23-5-11-27(12-6-23)37(30(38)16-21-2-7-25(31)8-3-21)28-13-9-26(10-14-28)35-29-15-4-22(17-32)18-33-29/h2-8,11-12,15,18-20,26,28H,9-10,13-14,16,31H2,1H3,(H,33,35). The van der Waals surface area contributed by atoms with E-state index in [2.05, 4.69) is 65.7 Å². The number of aromatic nitrogens is 3. The molecule has 190 valence electrons. The molecule has 2 aromatic heterocycles. The van der Waals surface area contributed by atoms with E-state index in [4.69, 9.17) is 5.26 Å². The Bertz CT molecular complexity index is 1420. The molecule has 0 unspecified atom stereocenters. The number of carbonyl (C=O) groups excluding carboxylic acids is 1. The van der Waals surface area contributed by atoms with Crippen LogP contribution in [0.15, 0.2) is 79.3 Å². The summed E-state index contributed by atoms with van der Waals surface area (Å²) in [7, 11) is 3.97. The molecule has 5 rings (SSSR count). The predicted molar refractivity (Wildman–Crippen MR) is 153 cm³/mol. The number of nitrogens with zero attached hydrogens (tertiary/aromatic N) is 5. The highest BCUT2D eigenvalue weighted by Gasteiger charge is 2.30. The molecular formula is C30H31BN6O. The van der Waals surface area contributed by atoms with Crippen LogP contribution in [0.4, 0.5) is 11.5 Å². The minimum absolute atomic E-state index is 0.119. The average Bonchev–Trinajstić information content (AvgIpc) is 3.38. The third-order valence-corrected chi connectivity index (χ3v) is 7.23. The maximum atomic E-state index is 13.7. The van der Waals surface area contributed by atoms with Crippen molar-refractivity contribution in [2.24, 2.45) is 7.05 Å². The molecule has 0 bridgehead atoms. The molecule has 2 aromatic carbocycles. The molecule has 0 aliphatic heterocycles. The number of pyridine rings is 1. The molecule has 0 radical (unpaired) electrons. The largest absolute Gasteiger partial charge is 0.367 e. The number of nitriles is 1. The summed E-state index contributed by atoms with van der Waals surface area (Å²) in [6.45, 7) is 0. The van der Waals surface area contributed by atoms with Crippen molar-refractivity contribution in [2.75, 3.05) is 10.2 Å². The van der Waals surface area contributed by atoms with Crippen molar-refractivity contribution in [3.63, 3.8) is 0 Å². The van der Waals surface area contributed by atoms with Crippen LogP contribution >= 0.6 is 0 Å². The lowest BCUT2D eigenvalue weighted by Crippen LogP contribution is -2.45. The van der Waals surface area contributed by atoms with E-state index in [1.54, 1.807) is 16.9 Å². The topological polar surface area (TPSA) is 86.8 Å². The van der Waals surface area contributed by atoms with Gasteiger partial charge in [-0.3, -0.25) is 9.48 Å². The van der Waals surface area contributed by atoms with Gasteiger partial charge in [0.25, 0.3) is 0 Å². The quantitative estimate of drug-likeness (QED) is 0.391. The van der Waals surface area contributed by atoms with E-state index < -0.39 is 0 Å². The van der Waals surface area contributed by atoms with Crippen LogP contribution in [0, 0.1) is 11.3 Å². The summed E-state index contributed by atoms with van der Waals surface area (Å²) in [6.07, 6.45) is 9.49. The van der Waals surface area contributed by atoms with E-state index >= 15 is 0 Å². The van der Waals surface area contributed by atoms with Crippen molar-refractivity contribution in [1.29, 1.82) is 5.26 Å². The molecule has 1 aliphatic carbocycles. The van der Waals surface area contributed by atoms with Crippen molar-refractivity contribution in [2.45, 2.75) is 44.2 Å². The van der Waals surface area contributed by atoms with E-state index in [0.717, 1.165) is 53.9 Å². The first-order valence-electron chi connectivity index (χ1n) is 13.1. The second-order valence-corrected chi connectivity index (χ2v) is 10.1. The Balaban J connectivity index is 1.32. The van der Waals surface area contributed by atoms with Crippen molar-refractivity contribution >= 4 is 30.7 Å². The van der Waals surface area contributed by atoms with Crippen molar-refractivity contribution in [3.05, 3.63) is 90.4 Å². The van der Waals surface area contributed by atoms with Crippen LogP contribution in [0.5, 0.6) is 0 Å². The maximum absolute atomic E-state index is 13.7. The molecule has 2 heterocycles. The third kappa shape index (κ3) is 5.95. The Labute approximate surface area is 224 Å². The normalized spacial score (nSPS) is 16.9. The zero-order valence-electron chi connectivity index (χ0n) is 21.8. The van der Waals surface area contributed by atoms with Gasteiger partial charge in [-0.2, -0.15) is 10.4 Å². The third-order valence-electron chi connectivity index (χ3n) is 7.23. The van der Waals surface area contributed by atoms with E-state index in [-0.39, 0.29) is 18.0 Å². The van der Waals surface area contributed by atoms with Gasteiger partial charge in [0.1, 0.15) is 19.7 Å². The molecule has 8 heteroatoms. The number of hydrogen-bond donors (Lipinski definition) is 1. The van der Waals surface area contributed by atoms with Gasteiger partial charge in [-0.15, -0.1) is 0 Å². The van der Waals surface area contributed by atoms with Gasteiger partial charge in [-0.1, -0.05) is 41.9 Å². The molecule has 1 fully saturated rings. The van der Waals surface area contributed by atoms with Gasteiger partial charge in [-0.25, -0.2) is 4.98 Å². The predicted octanol–water partition coefficient (Wildman–Crippen LogP) is 3.61. The zero-order chi connectivity index (χ0) is 26.5. The lowest BCUT2D eigenvalue weighted by atomic mass is 9.89. The number of carbonyl (C=O) groups is 1. The Morgan fingerprint density at radius 1 is 1.03 bits per heavy atom. The summed E-state index contributed by atoms with van der Waals surface area (Å²) in [5.74, 6) is 0.902. The fourth-order valence-corrected chi connectivity index (χ4v) is 5.14. The number of aryl methyl sites for hydroxylation is 1. The van der Waals surface area contributed by atoms with Crippen LogP contribution in [-0.4, -0.2) is 40.6 Å². The van der Waals surface area contributed by atoms with Crippen molar-refractivity contribution in [3.8, 4) is 17.2 Å². The molecule has 38 heavy (non-hydrogen) atoms. The number of anilines is 2. The lowest BCUT2D eigenvalue weighted by molar-refractivity contribution is -0.118. The molecular weight excluding hydrogens is 471 g/mol. The van der Waals surface area contributed by atoms with Gasteiger partial charge < -0.3 is 10.2 Å². The minimum Gasteiger partial charge on any atom is -0.367 e. The minimum atomic E-state index is 0.119. The van der Waals surface area contributed by atoms with Crippen LogP contribution in [0.25, 0.3) is 11.1 Å². The molecule has 0 atom stereocenters. The summed E-state index contributed by atoms with van der Waals surface area (Å²) in [4.78, 5) is 20.1. The first-order valence-corrected chi connectivity index (χ1v) is 13.1. The Hall–Kier alpha value is -4.38. The summed E-state index contributed by atoms with van der Waals surface area (Å²) >= 11 is 0. The van der Waals surface area contributed by atoms with Crippen LogP contribution in [0.2, 0.25) is 0 Å². The van der Waals surface area contributed by atoms with E-state index in [9.17, 15) is 4.79 Å². The SMILES string of the molecule is Bc1ccc(CC(=O)N(c2ccc(-c3cnn(C)c3)cc2)C2CCC(Nc3ccc(C#N)cn3)CC2)cc1. The first-order chi connectivity index (χ1) is 18.5. The number of amides is 1. The summed E-state index contributed by atoms with van der Waals surface area (Å²) in [5.41, 5.74) is 5.83. The maximum Gasteiger partial charge on any atom is 0.231 e. The van der Waals surface area contributed by atoms with Crippen molar-refractivity contribution < 1.29 is 4.79 Å². The van der Waals surface area contributed by atoms with Crippen LogP contribution in [-0.2, 0) is 18.3 Å². The fourth-order valence-electron chi connectivity index (χ4n) is 5.14. The number of hydrogen-bond acceptors (Lipinski definition) is 5. The van der Waals surface area contributed by atoms with E-state index in [0.29, 0.717) is 12.0 Å². The van der Waals surface area contributed by atoms with Crippen molar-refractivity contribution in [1.82, 2.24) is 14.8 Å². The lowest BCUT2D eigenvalue weighted by Gasteiger charge is -2.37. The highest BCUT2D eigenvalue weighted by Crippen LogP contribution is 2.31. The van der Waals surface area contributed by atoms with Crippen LogP contribution in [0.1, 0.15) is 36.8 Å². The Kier molecular flexibility index (Phi) is 7.55. The van der Waals surface area contributed by atoms with Gasteiger partial charge in [0, 0.05) is 42.8 Å². The zero-order valence-corrected chi connectivity index (χ0v) is 21.8. The highest BCUT2D eigenvalue weighted by molar-refractivity contribution is 6.32. The van der Waals surface area contributed by atoms with Gasteiger partial charge in [-0.05, 0) is 61.1 Å². The van der Waals surface area contributed by atoms with Gasteiger partial charge in [0.2, 0.25) is 5.91 Å². The number of benzene rings is 2. The van der Waals surface area contributed by atoms with E-state index in [1.165, 1.54) is 5.46 Å². The van der Waals surface area contributed by atoms with E-state index in [1.807, 2.05) is 42.5 Å². The second kappa shape index (κ2) is 11.3. The highest BCUT2D eigenvalue weighted by atomic mass is 16.2. The summed E-state index contributed by atoms with van der Waals surface area (Å²) in [6, 6.07) is 22.6. The second-order valence-electron chi connectivity index (χ2n) is 10.1. The number of nitrogens with one attached hydrogen (secondary N) is 1. The smallest absolute Gasteiger partial charge is 0.231 e. The van der Waals surface area contributed by atoms with Crippen LogP contribution < -0.4 is 15.7 Å². The fraction of sp³-hybridized carbons (Fsp3) is 0.267. The van der Waals surface area contributed by atoms with Crippen LogP contribution in [0.3, 0.4) is 0 Å². The molecule has 1 saturated carbocycles. The molecule has 1 amide bonds. The molecule has 7 nitrogen and oxygen atoms in total. The van der Waals surface area contributed by atoms with Gasteiger partial charge in [0.05, 0.1) is 18.2 Å². The summed E-state index contributed by atoms with van der Waals surface area (Å²) in [5, 5.41) is 16.8. The number of rotatable bonds is 7. The van der Waals surface area contributed by atoms with Gasteiger partial charge in [0.15, 0.2) is 0 Å². The molecule has 1 N–H and O–H groups in total. The first kappa shape index (κ1) is 25.3. The molecule has 0 spiro atoms. The average molecular weight is 502 g/mol. The molecule has 4 aromatic rings. The monoisotopic (exact) mass is 502 g/mol. The molecule has 1 aliphatic rings.